The van der Waals surface area contributed by atoms with E-state index in [-0.39, 0.29) is 5.56 Å². The molecule has 0 fully saturated rings. The molecule has 1 heterocycles. The van der Waals surface area contributed by atoms with Crippen LogP contribution in [-0.4, -0.2) is 9.97 Å². The topological polar surface area (TPSA) is 45.8 Å². The van der Waals surface area contributed by atoms with E-state index in [2.05, 4.69) is 22.1 Å². The number of aromatic amines is 1. The number of H-pyrrole nitrogens is 1. The third kappa shape index (κ3) is 2.21. The van der Waals surface area contributed by atoms with Crippen LogP contribution in [0, 0.1) is 0 Å². The van der Waals surface area contributed by atoms with E-state index in [0.29, 0.717) is 0 Å². The van der Waals surface area contributed by atoms with Gasteiger partial charge < -0.3 is 4.98 Å². The number of rotatable bonds is 3. The van der Waals surface area contributed by atoms with Crippen LogP contribution in [0.4, 0.5) is 0 Å². The van der Waals surface area contributed by atoms with Crippen LogP contribution in [0.3, 0.4) is 0 Å². The molecule has 0 saturated carbocycles. The van der Waals surface area contributed by atoms with E-state index in [1.54, 1.807) is 0 Å². The molecule has 3 rings (SSSR count). The molecule has 0 aliphatic heterocycles. The highest BCUT2D eigenvalue weighted by Crippen LogP contribution is 2.15. The van der Waals surface area contributed by atoms with Crippen LogP contribution in [0.2, 0.25) is 0 Å². The first-order valence-corrected chi connectivity index (χ1v) is 6.48. The molecule has 0 radical (unpaired) electrons. The smallest absolute Gasteiger partial charge is 0.276 e. The molecule has 0 amide bonds. The molecule has 18 heavy (non-hydrogen) atoms. The summed E-state index contributed by atoms with van der Waals surface area (Å²) < 4.78 is 0. The Balaban J connectivity index is 1.78. The Labute approximate surface area is 106 Å². The van der Waals surface area contributed by atoms with Crippen LogP contribution in [0.1, 0.15) is 29.1 Å². The second-order valence-electron chi connectivity index (χ2n) is 4.78. The van der Waals surface area contributed by atoms with E-state index in [9.17, 15) is 4.79 Å². The summed E-state index contributed by atoms with van der Waals surface area (Å²) in [6.07, 6.45) is 4.67. The van der Waals surface area contributed by atoms with Gasteiger partial charge in [0.1, 0.15) is 5.82 Å². The minimum atomic E-state index is -0.0238. The molecule has 0 unspecified atom stereocenters. The lowest BCUT2D eigenvalue weighted by Gasteiger charge is -2.04. The number of benzene rings is 1. The molecule has 1 aliphatic rings. The Bertz CT molecular complexity index is 602. The highest BCUT2D eigenvalue weighted by molar-refractivity contribution is 5.23. The van der Waals surface area contributed by atoms with Crippen LogP contribution < -0.4 is 5.56 Å². The minimum Gasteiger partial charge on any atom is -0.347 e. The number of aromatic nitrogens is 2. The molecule has 2 aromatic rings. The zero-order valence-electron chi connectivity index (χ0n) is 10.3. The fraction of sp³-hybridized carbons (Fsp3) is 0.333. The van der Waals surface area contributed by atoms with Crippen molar-refractivity contribution in [1.29, 1.82) is 0 Å². The molecule has 0 saturated heterocycles. The SMILES string of the molecule is O=c1nc(CCc2ccccc2)[nH]c2c1CCC2. The lowest BCUT2D eigenvalue weighted by molar-refractivity contribution is 0.823. The Morgan fingerprint density at radius 3 is 2.78 bits per heavy atom. The van der Waals surface area contributed by atoms with Gasteiger partial charge in [-0.1, -0.05) is 30.3 Å². The molecule has 3 nitrogen and oxygen atoms in total. The number of aryl methyl sites for hydroxylation is 3. The highest BCUT2D eigenvalue weighted by Gasteiger charge is 2.16. The Hall–Kier alpha value is -1.90. The molecule has 0 spiro atoms. The maximum Gasteiger partial charge on any atom is 0.276 e. The van der Waals surface area contributed by atoms with Crippen LogP contribution in [0.5, 0.6) is 0 Å². The van der Waals surface area contributed by atoms with Gasteiger partial charge in [-0.15, -0.1) is 0 Å². The van der Waals surface area contributed by atoms with Crippen molar-refractivity contribution in [2.45, 2.75) is 32.1 Å². The first-order chi connectivity index (χ1) is 8.83. The van der Waals surface area contributed by atoms with Crippen molar-refractivity contribution in [1.82, 2.24) is 9.97 Å². The summed E-state index contributed by atoms with van der Waals surface area (Å²) in [7, 11) is 0. The first kappa shape index (κ1) is 11.2. The van der Waals surface area contributed by atoms with E-state index in [4.69, 9.17) is 0 Å². The normalized spacial score (nSPS) is 13.6. The monoisotopic (exact) mass is 240 g/mol. The number of nitrogens with one attached hydrogen (secondary N) is 1. The van der Waals surface area contributed by atoms with Gasteiger partial charge in [-0.05, 0) is 31.2 Å². The van der Waals surface area contributed by atoms with Crippen molar-refractivity contribution in [2.24, 2.45) is 0 Å². The van der Waals surface area contributed by atoms with E-state index >= 15 is 0 Å². The fourth-order valence-electron chi connectivity index (χ4n) is 2.54. The molecule has 1 aromatic carbocycles. The molecule has 1 aromatic heterocycles. The molecule has 92 valence electrons. The van der Waals surface area contributed by atoms with E-state index in [1.165, 1.54) is 5.56 Å². The van der Waals surface area contributed by atoms with Crippen molar-refractivity contribution >= 4 is 0 Å². The molecular formula is C15H16N2O. The molecule has 1 N–H and O–H groups in total. The van der Waals surface area contributed by atoms with Crippen molar-refractivity contribution in [3.05, 3.63) is 63.3 Å². The Morgan fingerprint density at radius 1 is 1.11 bits per heavy atom. The largest absolute Gasteiger partial charge is 0.347 e. The van der Waals surface area contributed by atoms with Gasteiger partial charge >= 0.3 is 0 Å². The summed E-state index contributed by atoms with van der Waals surface area (Å²) in [5.74, 6) is 0.824. The Kier molecular flexibility index (Phi) is 2.97. The number of fused-ring (bicyclic) bond motifs is 1. The maximum atomic E-state index is 11.8. The predicted octanol–water partition coefficient (Wildman–Crippen LogP) is 2.04. The third-order valence-corrected chi connectivity index (χ3v) is 3.50. The van der Waals surface area contributed by atoms with Crippen LogP contribution in [0.15, 0.2) is 35.1 Å². The Morgan fingerprint density at radius 2 is 1.94 bits per heavy atom. The quantitative estimate of drug-likeness (QED) is 0.892. The highest BCUT2D eigenvalue weighted by atomic mass is 16.1. The standard InChI is InChI=1S/C15H16N2O/c18-15-12-7-4-8-13(12)16-14(17-15)10-9-11-5-2-1-3-6-11/h1-3,5-6H,4,7-10H2,(H,16,17,18). The van der Waals surface area contributed by atoms with Crippen LogP contribution in [-0.2, 0) is 25.7 Å². The van der Waals surface area contributed by atoms with Gasteiger partial charge in [0.2, 0.25) is 0 Å². The second kappa shape index (κ2) is 4.77. The molecule has 0 atom stereocenters. The average molecular weight is 240 g/mol. The number of nitrogens with zero attached hydrogens (tertiary/aromatic N) is 1. The maximum absolute atomic E-state index is 11.8. The first-order valence-electron chi connectivity index (χ1n) is 6.48. The summed E-state index contributed by atoms with van der Waals surface area (Å²) in [4.78, 5) is 19.3. The van der Waals surface area contributed by atoms with Gasteiger partial charge in [-0.25, -0.2) is 0 Å². The van der Waals surface area contributed by atoms with Gasteiger partial charge in [-0.2, -0.15) is 4.98 Å². The summed E-state index contributed by atoms with van der Waals surface area (Å²) in [6.45, 7) is 0. The van der Waals surface area contributed by atoms with Crippen molar-refractivity contribution in [3.63, 3.8) is 0 Å². The molecule has 1 aliphatic carbocycles. The summed E-state index contributed by atoms with van der Waals surface area (Å²) in [5, 5.41) is 0. The molecular weight excluding hydrogens is 224 g/mol. The lowest BCUT2D eigenvalue weighted by atomic mass is 10.1. The lowest BCUT2D eigenvalue weighted by Crippen LogP contribution is -2.17. The van der Waals surface area contributed by atoms with E-state index in [0.717, 1.165) is 49.2 Å². The van der Waals surface area contributed by atoms with Crippen molar-refractivity contribution in [2.75, 3.05) is 0 Å². The van der Waals surface area contributed by atoms with Crippen molar-refractivity contribution in [3.8, 4) is 0 Å². The third-order valence-electron chi connectivity index (χ3n) is 3.50. The van der Waals surface area contributed by atoms with Gasteiger partial charge in [0.25, 0.3) is 5.56 Å². The zero-order valence-corrected chi connectivity index (χ0v) is 10.3. The molecule has 3 heteroatoms. The number of hydrogen-bond donors (Lipinski definition) is 1. The van der Waals surface area contributed by atoms with Gasteiger partial charge in [0.15, 0.2) is 0 Å². The zero-order chi connectivity index (χ0) is 12.4. The average Bonchev–Trinajstić information content (AvgIpc) is 2.86. The number of hydrogen-bond acceptors (Lipinski definition) is 2. The minimum absolute atomic E-state index is 0.0238. The van der Waals surface area contributed by atoms with E-state index in [1.807, 2.05) is 18.2 Å². The van der Waals surface area contributed by atoms with Gasteiger partial charge in [-0.3, -0.25) is 4.79 Å². The van der Waals surface area contributed by atoms with Crippen LogP contribution >= 0.6 is 0 Å². The van der Waals surface area contributed by atoms with Gasteiger partial charge in [0, 0.05) is 17.7 Å². The van der Waals surface area contributed by atoms with Gasteiger partial charge in [0.05, 0.1) is 0 Å². The van der Waals surface area contributed by atoms with Crippen LogP contribution in [0.25, 0.3) is 0 Å². The predicted molar refractivity (Wildman–Crippen MR) is 70.7 cm³/mol. The summed E-state index contributed by atoms with van der Waals surface area (Å²) in [5.41, 5.74) is 3.27. The van der Waals surface area contributed by atoms with Crippen molar-refractivity contribution < 1.29 is 0 Å². The van der Waals surface area contributed by atoms with E-state index < -0.39 is 0 Å². The second-order valence-corrected chi connectivity index (χ2v) is 4.78. The summed E-state index contributed by atoms with van der Waals surface area (Å²) >= 11 is 0. The fourth-order valence-corrected chi connectivity index (χ4v) is 2.54. The molecule has 0 bridgehead atoms. The summed E-state index contributed by atoms with van der Waals surface area (Å²) in [6, 6.07) is 10.3.